The van der Waals surface area contributed by atoms with Gasteiger partial charge < -0.3 is 10.6 Å². The molecule has 7 heteroatoms. The minimum Gasteiger partial charge on any atom is -0.363 e. The summed E-state index contributed by atoms with van der Waals surface area (Å²) in [5.74, 6) is 1.48. The monoisotopic (exact) mass is 277 g/mol. The predicted molar refractivity (Wildman–Crippen MR) is 76.4 cm³/mol. The van der Waals surface area contributed by atoms with Crippen molar-refractivity contribution >= 4 is 44.7 Å². The van der Waals surface area contributed by atoms with Crippen LogP contribution in [0.5, 0.6) is 0 Å². The number of thiophene rings is 1. The van der Waals surface area contributed by atoms with E-state index in [-0.39, 0.29) is 0 Å². The average Bonchev–Trinajstić information content (AvgIpc) is 3.06. The maximum atomic E-state index is 4.44. The first-order valence-electron chi connectivity index (χ1n) is 5.42. The third-order valence-corrected chi connectivity index (χ3v) is 4.03. The number of aromatic nitrogens is 3. The fourth-order valence-corrected chi connectivity index (χ4v) is 2.92. The molecule has 0 fully saturated rings. The summed E-state index contributed by atoms with van der Waals surface area (Å²) in [6, 6.07) is 2.03. The SMILES string of the molecule is CNc1nc(NCc2nccs2)c2ccsc2n1. The maximum absolute atomic E-state index is 4.44. The topological polar surface area (TPSA) is 62.7 Å². The molecular weight excluding hydrogens is 266 g/mol. The molecule has 3 aromatic rings. The van der Waals surface area contributed by atoms with Gasteiger partial charge in [-0.05, 0) is 11.4 Å². The molecule has 0 saturated carbocycles. The molecule has 0 aromatic carbocycles. The molecule has 0 aliphatic heterocycles. The summed E-state index contributed by atoms with van der Waals surface area (Å²) in [7, 11) is 1.82. The fourth-order valence-electron chi connectivity index (χ4n) is 1.60. The first-order valence-corrected chi connectivity index (χ1v) is 7.18. The largest absolute Gasteiger partial charge is 0.363 e. The molecule has 0 radical (unpaired) electrons. The number of hydrogen-bond acceptors (Lipinski definition) is 7. The van der Waals surface area contributed by atoms with E-state index in [0.29, 0.717) is 12.5 Å². The molecule has 0 saturated heterocycles. The van der Waals surface area contributed by atoms with Crippen molar-refractivity contribution in [2.24, 2.45) is 0 Å². The summed E-state index contributed by atoms with van der Waals surface area (Å²) in [4.78, 5) is 14.1. The zero-order valence-electron chi connectivity index (χ0n) is 9.67. The van der Waals surface area contributed by atoms with Gasteiger partial charge in [-0.1, -0.05) is 0 Å². The van der Waals surface area contributed by atoms with E-state index < -0.39 is 0 Å². The Bertz CT molecular complexity index is 647. The van der Waals surface area contributed by atoms with Crippen LogP contribution in [-0.4, -0.2) is 22.0 Å². The molecule has 0 bridgehead atoms. The third-order valence-electron chi connectivity index (χ3n) is 2.44. The third kappa shape index (κ3) is 2.14. The van der Waals surface area contributed by atoms with Crippen LogP contribution in [0.2, 0.25) is 0 Å². The highest BCUT2D eigenvalue weighted by Gasteiger charge is 2.08. The van der Waals surface area contributed by atoms with Crippen molar-refractivity contribution in [2.45, 2.75) is 6.54 Å². The van der Waals surface area contributed by atoms with Gasteiger partial charge in [0.05, 0.1) is 11.9 Å². The molecule has 3 aromatic heterocycles. The van der Waals surface area contributed by atoms with Crippen molar-refractivity contribution < 1.29 is 0 Å². The van der Waals surface area contributed by atoms with E-state index in [1.54, 1.807) is 28.9 Å². The van der Waals surface area contributed by atoms with Crippen molar-refractivity contribution in [3.63, 3.8) is 0 Å². The first kappa shape index (κ1) is 11.4. The van der Waals surface area contributed by atoms with Gasteiger partial charge in [-0.3, -0.25) is 0 Å². The molecular formula is C11H11N5S2. The number of hydrogen-bond donors (Lipinski definition) is 2. The van der Waals surface area contributed by atoms with Crippen LogP contribution in [0, 0.1) is 0 Å². The Morgan fingerprint density at radius 3 is 2.94 bits per heavy atom. The number of rotatable bonds is 4. The van der Waals surface area contributed by atoms with Gasteiger partial charge in [0.1, 0.15) is 15.7 Å². The van der Waals surface area contributed by atoms with E-state index in [9.17, 15) is 0 Å². The molecule has 5 nitrogen and oxygen atoms in total. The molecule has 18 heavy (non-hydrogen) atoms. The molecule has 92 valence electrons. The van der Waals surface area contributed by atoms with Gasteiger partial charge in [0.2, 0.25) is 5.95 Å². The lowest BCUT2D eigenvalue weighted by atomic mass is 10.4. The zero-order chi connectivity index (χ0) is 12.4. The minimum atomic E-state index is 0.631. The molecule has 0 aliphatic rings. The molecule has 2 N–H and O–H groups in total. The van der Waals surface area contributed by atoms with Crippen molar-refractivity contribution in [3.05, 3.63) is 28.0 Å². The van der Waals surface area contributed by atoms with Crippen LogP contribution in [0.25, 0.3) is 10.2 Å². The minimum absolute atomic E-state index is 0.631. The second kappa shape index (κ2) is 4.87. The van der Waals surface area contributed by atoms with Crippen LogP contribution < -0.4 is 10.6 Å². The van der Waals surface area contributed by atoms with Crippen molar-refractivity contribution in [1.29, 1.82) is 0 Å². The van der Waals surface area contributed by atoms with Gasteiger partial charge in [0.15, 0.2) is 0 Å². The molecule has 0 aliphatic carbocycles. The maximum Gasteiger partial charge on any atom is 0.225 e. The van der Waals surface area contributed by atoms with Gasteiger partial charge in [-0.15, -0.1) is 22.7 Å². The van der Waals surface area contributed by atoms with E-state index in [1.165, 1.54) is 0 Å². The number of thiazole rings is 1. The number of fused-ring (bicyclic) bond motifs is 1. The summed E-state index contributed by atoms with van der Waals surface area (Å²) in [6.07, 6.45) is 1.81. The average molecular weight is 277 g/mol. The van der Waals surface area contributed by atoms with Gasteiger partial charge in [0, 0.05) is 18.6 Å². The van der Waals surface area contributed by atoms with Crippen molar-refractivity contribution in [3.8, 4) is 0 Å². The van der Waals surface area contributed by atoms with E-state index in [1.807, 2.05) is 23.9 Å². The molecule has 0 spiro atoms. The molecule has 3 rings (SSSR count). The fraction of sp³-hybridized carbons (Fsp3) is 0.182. The number of anilines is 2. The molecule has 3 heterocycles. The predicted octanol–water partition coefficient (Wildman–Crippen LogP) is 2.80. The lowest BCUT2D eigenvalue weighted by Gasteiger charge is -2.07. The van der Waals surface area contributed by atoms with E-state index in [4.69, 9.17) is 0 Å². The van der Waals surface area contributed by atoms with Crippen LogP contribution in [0.3, 0.4) is 0 Å². The summed E-state index contributed by atoms with van der Waals surface area (Å²) in [5, 5.41) is 12.4. The molecule has 0 amide bonds. The van der Waals surface area contributed by atoms with Crippen LogP contribution in [0.1, 0.15) is 5.01 Å². The Morgan fingerprint density at radius 1 is 1.22 bits per heavy atom. The van der Waals surface area contributed by atoms with Crippen molar-refractivity contribution in [2.75, 3.05) is 17.7 Å². The van der Waals surface area contributed by atoms with Gasteiger partial charge in [0.25, 0.3) is 0 Å². The normalized spacial score (nSPS) is 10.7. The second-order valence-corrected chi connectivity index (χ2v) is 5.44. The van der Waals surface area contributed by atoms with Crippen LogP contribution in [-0.2, 0) is 6.54 Å². The number of nitrogens with one attached hydrogen (secondary N) is 2. The van der Waals surface area contributed by atoms with Gasteiger partial charge >= 0.3 is 0 Å². The van der Waals surface area contributed by atoms with Gasteiger partial charge in [-0.25, -0.2) is 9.97 Å². The quantitative estimate of drug-likeness (QED) is 0.768. The van der Waals surface area contributed by atoms with Crippen molar-refractivity contribution in [1.82, 2.24) is 15.0 Å². The summed E-state index contributed by atoms with van der Waals surface area (Å²) < 4.78 is 0. The Balaban J connectivity index is 1.92. The highest BCUT2D eigenvalue weighted by atomic mass is 32.1. The second-order valence-electron chi connectivity index (χ2n) is 3.56. The van der Waals surface area contributed by atoms with Gasteiger partial charge in [-0.2, -0.15) is 4.98 Å². The smallest absolute Gasteiger partial charge is 0.225 e. The highest BCUT2D eigenvalue weighted by Crippen LogP contribution is 2.26. The first-order chi connectivity index (χ1) is 8.86. The summed E-state index contributed by atoms with van der Waals surface area (Å²) >= 11 is 3.24. The van der Waals surface area contributed by atoms with Crippen LogP contribution in [0.15, 0.2) is 23.0 Å². The van der Waals surface area contributed by atoms with E-state index in [2.05, 4.69) is 25.6 Å². The Labute approximate surface area is 112 Å². The van der Waals surface area contributed by atoms with Crippen LogP contribution in [0.4, 0.5) is 11.8 Å². The highest BCUT2D eigenvalue weighted by molar-refractivity contribution is 7.16. The zero-order valence-corrected chi connectivity index (χ0v) is 11.3. The Kier molecular flexibility index (Phi) is 3.07. The molecule has 0 unspecified atom stereocenters. The van der Waals surface area contributed by atoms with Crippen LogP contribution >= 0.6 is 22.7 Å². The Hall–Kier alpha value is -1.73. The summed E-state index contributed by atoms with van der Waals surface area (Å²) in [5.41, 5.74) is 0. The molecule has 0 atom stereocenters. The lowest BCUT2D eigenvalue weighted by molar-refractivity contribution is 1.07. The van der Waals surface area contributed by atoms with E-state index >= 15 is 0 Å². The lowest BCUT2D eigenvalue weighted by Crippen LogP contribution is -2.04. The van der Waals surface area contributed by atoms with E-state index in [0.717, 1.165) is 21.0 Å². The Morgan fingerprint density at radius 2 is 2.17 bits per heavy atom. The summed E-state index contributed by atoms with van der Waals surface area (Å²) in [6.45, 7) is 0.683. The number of nitrogens with zero attached hydrogens (tertiary/aromatic N) is 3. The standard InChI is InChI=1S/C11H11N5S2/c1-12-11-15-9(7-2-4-18-10(7)16-11)14-6-8-13-3-5-17-8/h2-5H,6H2,1H3,(H2,12,14,15,16).